The summed E-state index contributed by atoms with van der Waals surface area (Å²) in [4.78, 5) is 17.6. The van der Waals surface area contributed by atoms with Crippen LogP contribution in [0.1, 0.15) is 11.3 Å². The molecule has 4 nitrogen and oxygen atoms in total. The molecule has 0 unspecified atom stereocenters. The minimum Gasteiger partial charge on any atom is -0.399 e. The Balaban J connectivity index is 2.05. The first-order valence-corrected chi connectivity index (χ1v) is 5.12. The number of nitrogens with one attached hydrogen (secondary N) is 1. The van der Waals surface area contributed by atoms with Crippen molar-refractivity contribution in [3.05, 3.63) is 58.3 Å². The monoisotopic (exact) mass is 215 g/mol. The fourth-order valence-corrected chi connectivity index (χ4v) is 1.57. The summed E-state index contributed by atoms with van der Waals surface area (Å²) in [5.41, 5.74) is 8.28. The maximum absolute atomic E-state index is 11.0. The lowest BCUT2D eigenvalue weighted by Crippen LogP contribution is -2.07. The molecule has 0 aliphatic carbocycles. The summed E-state index contributed by atoms with van der Waals surface area (Å²) in [6.07, 6.45) is 3.01. The molecule has 16 heavy (non-hydrogen) atoms. The van der Waals surface area contributed by atoms with Gasteiger partial charge in [-0.3, -0.25) is 4.79 Å². The Morgan fingerprint density at radius 3 is 2.88 bits per heavy atom. The van der Waals surface area contributed by atoms with Gasteiger partial charge in [-0.1, -0.05) is 12.1 Å². The van der Waals surface area contributed by atoms with Gasteiger partial charge in [0, 0.05) is 17.4 Å². The Kier molecular flexibility index (Phi) is 3.00. The molecule has 0 radical (unpaired) electrons. The van der Waals surface area contributed by atoms with Crippen molar-refractivity contribution in [2.75, 3.05) is 5.73 Å². The number of anilines is 1. The Morgan fingerprint density at radius 1 is 1.25 bits per heavy atom. The highest BCUT2D eigenvalue weighted by atomic mass is 16.1. The molecule has 2 aromatic rings. The summed E-state index contributed by atoms with van der Waals surface area (Å²) < 4.78 is 0. The molecule has 3 N–H and O–H groups in total. The molecule has 1 aromatic heterocycles. The highest BCUT2D eigenvalue weighted by molar-refractivity contribution is 5.40. The summed E-state index contributed by atoms with van der Waals surface area (Å²) in [5.74, 6) is 0. The molecule has 2 rings (SSSR count). The van der Waals surface area contributed by atoms with Crippen molar-refractivity contribution in [1.29, 1.82) is 0 Å². The molecule has 0 spiro atoms. The van der Waals surface area contributed by atoms with Gasteiger partial charge >= 0.3 is 0 Å². The van der Waals surface area contributed by atoms with Crippen molar-refractivity contribution in [3.8, 4) is 0 Å². The molecule has 82 valence electrons. The lowest BCUT2D eigenvalue weighted by molar-refractivity contribution is 0.893. The van der Waals surface area contributed by atoms with Gasteiger partial charge < -0.3 is 10.7 Å². The van der Waals surface area contributed by atoms with E-state index in [0.29, 0.717) is 0 Å². The van der Waals surface area contributed by atoms with Gasteiger partial charge in [-0.05, 0) is 30.5 Å². The van der Waals surface area contributed by atoms with E-state index in [1.165, 1.54) is 12.4 Å². The first-order chi connectivity index (χ1) is 7.74. The van der Waals surface area contributed by atoms with Crippen molar-refractivity contribution in [3.63, 3.8) is 0 Å². The van der Waals surface area contributed by atoms with Gasteiger partial charge in [0.05, 0.1) is 6.33 Å². The summed E-state index contributed by atoms with van der Waals surface area (Å²) in [7, 11) is 0. The number of nitrogens with two attached hydrogens (primary N) is 1. The van der Waals surface area contributed by atoms with E-state index in [1.54, 1.807) is 0 Å². The highest BCUT2D eigenvalue weighted by Crippen LogP contribution is 2.08. The third-order valence-electron chi connectivity index (χ3n) is 2.36. The molecule has 0 saturated carbocycles. The van der Waals surface area contributed by atoms with Crippen LogP contribution in [-0.2, 0) is 12.8 Å². The second-order valence-electron chi connectivity index (χ2n) is 3.65. The van der Waals surface area contributed by atoms with Crippen molar-refractivity contribution in [1.82, 2.24) is 9.97 Å². The van der Waals surface area contributed by atoms with Crippen LogP contribution < -0.4 is 11.3 Å². The molecule has 0 bridgehead atoms. The van der Waals surface area contributed by atoms with Gasteiger partial charge in [0.15, 0.2) is 0 Å². The fraction of sp³-hybridized carbons (Fsp3) is 0.167. The SMILES string of the molecule is Nc1cccc(CCc2cc(=O)[nH]cn2)c1. The van der Waals surface area contributed by atoms with Crippen molar-refractivity contribution in [2.24, 2.45) is 0 Å². The normalized spacial score (nSPS) is 10.2. The van der Waals surface area contributed by atoms with Gasteiger partial charge in [-0.25, -0.2) is 4.98 Å². The van der Waals surface area contributed by atoms with E-state index in [-0.39, 0.29) is 5.56 Å². The van der Waals surface area contributed by atoms with Crippen LogP contribution in [0.15, 0.2) is 41.5 Å². The Bertz CT molecular complexity index is 534. The predicted octanol–water partition coefficient (Wildman–Crippen LogP) is 1.14. The smallest absolute Gasteiger partial charge is 0.250 e. The zero-order valence-corrected chi connectivity index (χ0v) is 8.81. The lowest BCUT2D eigenvalue weighted by Gasteiger charge is -2.01. The minimum absolute atomic E-state index is 0.113. The van der Waals surface area contributed by atoms with Gasteiger partial charge in [0.2, 0.25) is 0 Å². The average Bonchev–Trinajstić information content (AvgIpc) is 2.27. The van der Waals surface area contributed by atoms with E-state index in [2.05, 4.69) is 9.97 Å². The van der Waals surface area contributed by atoms with Crippen LogP contribution in [0.25, 0.3) is 0 Å². The molecule has 1 aromatic carbocycles. The number of aromatic nitrogens is 2. The Hall–Kier alpha value is -2.10. The molecule has 0 atom stereocenters. The summed E-state index contributed by atoms with van der Waals surface area (Å²) in [6, 6.07) is 9.26. The maximum Gasteiger partial charge on any atom is 0.250 e. The first-order valence-electron chi connectivity index (χ1n) is 5.12. The van der Waals surface area contributed by atoms with Crippen molar-refractivity contribution < 1.29 is 0 Å². The molecule has 0 aliphatic heterocycles. The van der Waals surface area contributed by atoms with Crippen LogP contribution in [0.2, 0.25) is 0 Å². The zero-order valence-electron chi connectivity index (χ0n) is 8.81. The number of H-pyrrole nitrogens is 1. The van der Waals surface area contributed by atoms with E-state index < -0.39 is 0 Å². The second kappa shape index (κ2) is 4.61. The molecule has 0 saturated heterocycles. The zero-order chi connectivity index (χ0) is 11.4. The number of aromatic amines is 1. The van der Waals surface area contributed by atoms with E-state index in [0.717, 1.165) is 29.8 Å². The van der Waals surface area contributed by atoms with Crippen LogP contribution >= 0.6 is 0 Å². The van der Waals surface area contributed by atoms with Crippen LogP contribution in [-0.4, -0.2) is 9.97 Å². The van der Waals surface area contributed by atoms with Crippen LogP contribution in [0.4, 0.5) is 5.69 Å². The first kappa shape index (κ1) is 10.4. The average molecular weight is 215 g/mol. The third-order valence-corrected chi connectivity index (χ3v) is 2.36. The number of hydrogen-bond acceptors (Lipinski definition) is 3. The number of hydrogen-bond donors (Lipinski definition) is 2. The van der Waals surface area contributed by atoms with Crippen LogP contribution in [0, 0.1) is 0 Å². The molecule has 0 amide bonds. The van der Waals surface area contributed by atoms with Crippen LogP contribution in [0.5, 0.6) is 0 Å². The molecule has 0 fully saturated rings. The maximum atomic E-state index is 11.0. The van der Waals surface area contributed by atoms with E-state index >= 15 is 0 Å². The Morgan fingerprint density at radius 2 is 2.12 bits per heavy atom. The van der Waals surface area contributed by atoms with Crippen molar-refractivity contribution >= 4 is 5.69 Å². The third kappa shape index (κ3) is 2.70. The molecular weight excluding hydrogens is 202 g/mol. The quantitative estimate of drug-likeness (QED) is 0.754. The van der Waals surface area contributed by atoms with Gasteiger partial charge in [-0.15, -0.1) is 0 Å². The lowest BCUT2D eigenvalue weighted by atomic mass is 10.1. The Labute approximate surface area is 93.2 Å². The summed E-state index contributed by atoms with van der Waals surface area (Å²) >= 11 is 0. The molecule has 1 heterocycles. The van der Waals surface area contributed by atoms with E-state index in [4.69, 9.17) is 5.73 Å². The number of benzene rings is 1. The molecule has 4 heteroatoms. The van der Waals surface area contributed by atoms with E-state index in [9.17, 15) is 4.79 Å². The predicted molar refractivity (Wildman–Crippen MR) is 63.1 cm³/mol. The number of aryl methyl sites for hydroxylation is 2. The molecule has 0 aliphatic rings. The number of rotatable bonds is 3. The minimum atomic E-state index is -0.113. The largest absolute Gasteiger partial charge is 0.399 e. The topological polar surface area (TPSA) is 71.8 Å². The van der Waals surface area contributed by atoms with E-state index in [1.807, 2.05) is 24.3 Å². The van der Waals surface area contributed by atoms with Gasteiger partial charge in [0.25, 0.3) is 5.56 Å². The fourth-order valence-electron chi connectivity index (χ4n) is 1.57. The molecular formula is C12H13N3O. The standard InChI is InChI=1S/C12H13N3O/c13-10-3-1-2-9(6-10)4-5-11-7-12(16)15-8-14-11/h1-3,6-8H,4-5,13H2,(H,14,15,16). The summed E-state index contributed by atoms with van der Waals surface area (Å²) in [6.45, 7) is 0. The van der Waals surface area contributed by atoms with Gasteiger partial charge in [-0.2, -0.15) is 0 Å². The second-order valence-corrected chi connectivity index (χ2v) is 3.65. The number of nitrogens with zero attached hydrogens (tertiary/aromatic N) is 1. The van der Waals surface area contributed by atoms with Crippen LogP contribution in [0.3, 0.4) is 0 Å². The highest BCUT2D eigenvalue weighted by Gasteiger charge is 1.98. The number of nitrogen functional groups attached to an aromatic ring is 1. The van der Waals surface area contributed by atoms with Crippen molar-refractivity contribution in [2.45, 2.75) is 12.8 Å². The van der Waals surface area contributed by atoms with Gasteiger partial charge in [0.1, 0.15) is 0 Å². The summed E-state index contributed by atoms with van der Waals surface area (Å²) in [5, 5.41) is 0.